The summed E-state index contributed by atoms with van der Waals surface area (Å²) in [5.74, 6) is -1.06. The van der Waals surface area contributed by atoms with E-state index >= 15 is 0 Å². The van der Waals surface area contributed by atoms with Crippen molar-refractivity contribution in [3.63, 3.8) is 0 Å². The van der Waals surface area contributed by atoms with Gasteiger partial charge in [-0.1, -0.05) is 0 Å². The van der Waals surface area contributed by atoms with Gasteiger partial charge in [-0.2, -0.15) is 0 Å². The lowest BCUT2D eigenvalue weighted by atomic mass is 10.1. The number of hydrogen-bond acceptors (Lipinski definition) is 5. The Bertz CT molecular complexity index is 674. The van der Waals surface area contributed by atoms with Gasteiger partial charge in [0.25, 0.3) is 0 Å². The Balaban J connectivity index is 2.06. The third-order valence-electron chi connectivity index (χ3n) is 2.97. The van der Waals surface area contributed by atoms with E-state index in [0.717, 1.165) is 11.3 Å². The summed E-state index contributed by atoms with van der Waals surface area (Å²) in [5.41, 5.74) is 2.19. The molecule has 0 aliphatic carbocycles. The molecule has 0 bridgehead atoms. The molecule has 0 aliphatic rings. The Labute approximate surface area is 121 Å². The Kier molecular flexibility index (Phi) is 4.27. The molecule has 0 radical (unpaired) electrons. The molecular weight excluding hydrogens is 274 g/mol. The van der Waals surface area contributed by atoms with Gasteiger partial charge in [0.1, 0.15) is 5.76 Å². The number of rotatable bonds is 5. The average Bonchev–Trinajstić information content (AvgIpc) is 2.94. The van der Waals surface area contributed by atoms with Gasteiger partial charge in [-0.05, 0) is 42.8 Å². The van der Waals surface area contributed by atoms with E-state index in [9.17, 15) is 9.59 Å². The van der Waals surface area contributed by atoms with Crippen LogP contribution in [0.4, 0.5) is 5.69 Å². The van der Waals surface area contributed by atoms with Gasteiger partial charge in [-0.3, -0.25) is 0 Å². The van der Waals surface area contributed by atoms with Crippen LogP contribution in [0.15, 0.2) is 34.7 Å². The van der Waals surface area contributed by atoms with Crippen molar-refractivity contribution in [1.82, 2.24) is 0 Å². The second kappa shape index (κ2) is 6.13. The first-order valence-corrected chi connectivity index (χ1v) is 6.26. The van der Waals surface area contributed by atoms with Crippen LogP contribution >= 0.6 is 0 Å². The Morgan fingerprint density at radius 1 is 1.29 bits per heavy atom. The predicted octanol–water partition coefficient (Wildman–Crippen LogP) is 2.68. The zero-order valence-corrected chi connectivity index (χ0v) is 11.7. The number of esters is 1. The van der Waals surface area contributed by atoms with Crippen molar-refractivity contribution in [2.45, 2.75) is 13.5 Å². The van der Waals surface area contributed by atoms with Gasteiger partial charge in [-0.15, -0.1) is 0 Å². The lowest BCUT2D eigenvalue weighted by Gasteiger charge is -2.09. The van der Waals surface area contributed by atoms with E-state index in [2.05, 4.69) is 10.1 Å². The molecule has 0 spiro atoms. The molecule has 6 nitrogen and oxygen atoms in total. The number of aryl methyl sites for hydroxylation is 1. The Morgan fingerprint density at radius 3 is 2.62 bits per heavy atom. The zero-order valence-electron chi connectivity index (χ0n) is 11.7. The molecule has 1 heterocycles. The van der Waals surface area contributed by atoms with Crippen LogP contribution in [-0.4, -0.2) is 24.2 Å². The van der Waals surface area contributed by atoms with E-state index in [1.54, 1.807) is 24.3 Å². The normalized spacial score (nSPS) is 10.2. The predicted molar refractivity (Wildman–Crippen MR) is 75.5 cm³/mol. The summed E-state index contributed by atoms with van der Waals surface area (Å²) in [7, 11) is 1.33. The smallest absolute Gasteiger partial charge is 0.371 e. The highest BCUT2D eigenvalue weighted by Gasteiger charge is 2.10. The quantitative estimate of drug-likeness (QED) is 0.823. The molecule has 0 fully saturated rings. The van der Waals surface area contributed by atoms with E-state index in [-0.39, 0.29) is 11.7 Å². The van der Waals surface area contributed by atoms with Crippen LogP contribution in [0.1, 0.15) is 32.2 Å². The number of carboxylic acid groups (broad SMARTS) is 1. The fraction of sp³-hybridized carbons (Fsp3) is 0.200. The maximum Gasteiger partial charge on any atom is 0.371 e. The molecule has 110 valence electrons. The second-order valence-corrected chi connectivity index (χ2v) is 4.45. The maximum atomic E-state index is 11.4. The summed E-state index contributed by atoms with van der Waals surface area (Å²) in [6.07, 6.45) is 0. The van der Waals surface area contributed by atoms with Crippen LogP contribution in [0.2, 0.25) is 0 Å². The number of carbonyl (C=O) groups excluding carboxylic acids is 1. The Hall–Kier alpha value is -2.76. The summed E-state index contributed by atoms with van der Waals surface area (Å²) < 4.78 is 9.81. The number of anilines is 1. The monoisotopic (exact) mass is 289 g/mol. The molecule has 2 N–H and O–H groups in total. The zero-order chi connectivity index (χ0) is 15.4. The fourth-order valence-corrected chi connectivity index (χ4v) is 1.88. The van der Waals surface area contributed by atoms with Gasteiger partial charge in [0, 0.05) is 5.69 Å². The summed E-state index contributed by atoms with van der Waals surface area (Å²) in [6.45, 7) is 2.21. The van der Waals surface area contributed by atoms with Crippen LogP contribution < -0.4 is 5.32 Å². The van der Waals surface area contributed by atoms with Crippen molar-refractivity contribution in [3.05, 3.63) is 53.0 Å². The van der Waals surface area contributed by atoms with Gasteiger partial charge < -0.3 is 19.6 Å². The molecule has 21 heavy (non-hydrogen) atoms. The van der Waals surface area contributed by atoms with Crippen molar-refractivity contribution in [2.75, 3.05) is 12.4 Å². The molecule has 0 saturated heterocycles. The van der Waals surface area contributed by atoms with Crippen LogP contribution in [0.25, 0.3) is 0 Å². The van der Waals surface area contributed by atoms with Crippen LogP contribution in [0.5, 0.6) is 0 Å². The first-order chi connectivity index (χ1) is 10.0. The molecule has 0 amide bonds. The van der Waals surface area contributed by atoms with Gasteiger partial charge in [0.2, 0.25) is 5.76 Å². The summed E-state index contributed by atoms with van der Waals surface area (Å²) in [6, 6.07) is 8.16. The van der Waals surface area contributed by atoms with E-state index < -0.39 is 5.97 Å². The molecule has 0 atom stereocenters. The topological polar surface area (TPSA) is 88.8 Å². The van der Waals surface area contributed by atoms with E-state index in [4.69, 9.17) is 9.52 Å². The summed E-state index contributed by atoms with van der Waals surface area (Å²) in [4.78, 5) is 22.1. The molecule has 1 aromatic heterocycles. The highest BCUT2D eigenvalue weighted by atomic mass is 16.5. The number of carboxylic acids is 1. The van der Waals surface area contributed by atoms with Crippen molar-refractivity contribution >= 4 is 17.6 Å². The fourth-order valence-electron chi connectivity index (χ4n) is 1.88. The first-order valence-electron chi connectivity index (χ1n) is 6.26. The summed E-state index contributed by atoms with van der Waals surface area (Å²) in [5, 5.41) is 11.9. The summed E-state index contributed by atoms with van der Waals surface area (Å²) >= 11 is 0. The average molecular weight is 289 g/mol. The number of ether oxygens (including phenoxy) is 1. The number of nitrogens with one attached hydrogen (secondary N) is 1. The number of carbonyl (C=O) groups is 2. The maximum absolute atomic E-state index is 11.4. The lowest BCUT2D eigenvalue weighted by Crippen LogP contribution is -2.04. The standard InChI is InChI=1S/C15H15NO5/c1-9-7-10(15(19)20-2)3-5-12(9)16-8-11-4-6-13(21-11)14(17)18/h3-7,16H,8H2,1-2H3,(H,17,18). The van der Waals surface area contributed by atoms with Gasteiger partial charge in [0.05, 0.1) is 19.2 Å². The first kappa shape index (κ1) is 14.6. The largest absolute Gasteiger partial charge is 0.475 e. The molecular formula is C15H15NO5. The Morgan fingerprint density at radius 2 is 2.05 bits per heavy atom. The van der Waals surface area contributed by atoms with E-state index in [0.29, 0.717) is 17.9 Å². The third kappa shape index (κ3) is 3.42. The van der Waals surface area contributed by atoms with Crippen molar-refractivity contribution < 1.29 is 23.8 Å². The second-order valence-electron chi connectivity index (χ2n) is 4.45. The van der Waals surface area contributed by atoms with Gasteiger partial charge in [0.15, 0.2) is 0 Å². The van der Waals surface area contributed by atoms with E-state index in [1.165, 1.54) is 13.2 Å². The minimum absolute atomic E-state index is 0.0930. The number of methoxy groups -OCH3 is 1. The highest BCUT2D eigenvalue weighted by Crippen LogP contribution is 2.18. The minimum atomic E-state index is -1.10. The number of hydrogen-bond donors (Lipinski definition) is 2. The SMILES string of the molecule is COC(=O)c1ccc(NCc2ccc(C(=O)O)o2)c(C)c1. The molecule has 2 rings (SSSR count). The number of furan rings is 1. The molecule has 2 aromatic rings. The highest BCUT2D eigenvalue weighted by molar-refractivity contribution is 5.90. The van der Waals surface area contributed by atoms with Crippen molar-refractivity contribution in [2.24, 2.45) is 0 Å². The van der Waals surface area contributed by atoms with Crippen LogP contribution in [0, 0.1) is 6.92 Å². The van der Waals surface area contributed by atoms with Crippen molar-refractivity contribution in [3.8, 4) is 0 Å². The van der Waals surface area contributed by atoms with Crippen molar-refractivity contribution in [1.29, 1.82) is 0 Å². The minimum Gasteiger partial charge on any atom is -0.475 e. The molecule has 0 saturated carbocycles. The lowest BCUT2D eigenvalue weighted by molar-refractivity contribution is 0.0599. The molecule has 6 heteroatoms. The number of benzene rings is 1. The van der Waals surface area contributed by atoms with Crippen LogP contribution in [0.3, 0.4) is 0 Å². The third-order valence-corrected chi connectivity index (χ3v) is 2.97. The molecule has 0 unspecified atom stereocenters. The van der Waals surface area contributed by atoms with E-state index in [1.807, 2.05) is 6.92 Å². The van der Waals surface area contributed by atoms with Gasteiger partial charge in [-0.25, -0.2) is 9.59 Å². The number of aromatic carboxylic acids is 1. The molecule has 1 aromatic carbocycles. The molecule has 0 aliphatic heterocycles. The van der Waals surface area contributed by atoms with Crippen LogP contribution in [-0.2, 0) is 11.3 Å². The van der Waals surface area contributed by atoms with Gasteiger partial charge >= 0.3 is 11.9 Å².